The summed E-state index contributed by atoms with van der Waals surface area (Å²) in [7, 11) is 0. The monoisotopic (exact) mass is 289 g/mol. The van der Waals surface area contributed by atoms with Gasteiger partial charge in [-0.15, -0.1) is 0 Å². The second-order valence-corrected chi connectivity index (χ2v) is 4.19. The van der Waals surface area contributed by atoms with Crippen LogP contribution in [0, 0.1) is 0 Å². The predicted octanol–water partition coefficient (Wildman–Crippen LogP) is 3.01. The van der Waals surface area contributed by atoms with Gasteiger partial charge in [-0.3, -0.25) is 4.79 Å². The summed E-state index contributed by atoms with van der Waals surface area (Å²) >= 11 is 0. The SMILES string of the molecule is O=C(/C=C/c1ccccc1O)/C=C/c1ccccc1O.[Na]. The maximum Gasteiger partial charge on any atom is 0.178 e. The van der Waals surface area contributed by atoms with Crippen molar-refractivity contribution in [3.8, 4) is 11.5 Å². The minimum absolute atomic E-state index is 0. The minimum atomic E-state index is -0.225. The topological polar surface area (TPSA) is 57.5 Å². The van der Waals surface area contributed by atoms with E-state index in [1.807, 2.05) is 0 Å². The zero-order valence-corrected chi connectivity index (χ0v) is 13.7. The fraction of sp³-hybridized carbons (Fsp3) is 0. The predicted molar refractivity (Wildman–Crippen MR) is 85.0 cm³/mol. The summed E-state index contributed by atoms with van der Waals surface area (Å²) in [4.78, 5) is 11.7. The van der Waals surface area contributed by atoms with Crippen LogP contribution in [0.25, 0.3) is 12.2 Å². The van der Waals surface area contributed by atoms with Gasteiger partial charge in [0.2, 0.25) is 0 Å². The Kier molecular flexibility index (Phi) is 6.96. The van der Waals surface area contributed by atoms with Crippen LogP contribution in [0.1, 0.15) is 11.1 Å². The van der Waals surface area contributed by atoms with Crippen molar-refractivity contribution in [1.82, 2.24) is 0 Å². The number of rotatable bonds is 4. The molecule has 0 aliphatic rings. The number of benzene rings is 2. The zero-order chi connectivity index (χ0) is 14.4. The first-order valence-corrected chi connectivity index (χ1v) is 6.13. The summed E-state index contributed by atoms with van der Waals surface area (Å²) in [5, 5.41) is 19.1. The molecule has 2 aromatic rings. The molecule has 0 amide bonds. The van der Waals surface area contributed by atoms with Crippen molar-refractivity contribution >= 4 is 47.5 Å². The van der Waals surface area contributed by atoms with Gasteiger partial charge in [0, 0.05) is 40.7 Å². The van der Waals surface area contributed by atoms with Gasteiger partial charge in [-0.25, -0.2) is 0 Å². The van der Waals surface area contributed by atoms with Gasteiger partial charge >= 0.3 is 0 Å². The fourth-order valence-corrected chi connectivity index (χ4v) is 1.66. The van der Waals surface area contributed by atoms with Crippen LogP contribution in [0.2, 0.25) is 0 Å². The van der Waals surface area contributed by atoms with E-state index in [1.54, 1.807) is 60.7 Å². The number of phenolic OH excluding ortho intramolecular Hbond substituents is 2. The van der Waals surface area contributed by atoms with Gasteiger partial charge in [-0.1, -0.05) is 36.4 Å². The summed E-state index contributed by atoms with van der Waals surface area (Å²) in [6, 6.07) is 13.5. The molecule has 0 aromatic heterocycles. The molecule has 0 aliphatic heterocycles. The van der Waals surface area contributed by atoms with E-state index in [4.69, 9.17) is 0 Å². The van der Waals surface area contributed by atoms with E-state index in [0.29, 0.717) is 11.1 Å². The molecule has 0 unspecified atom stereocenters. The van der Waals surface area contributed by atoms with Crippen molar-refractivity contribution < 1.29 is 15.0 Å². The van der Waals surface area contributed by atoms with Gasteiger partial charge in [0.1, 0.15) is 11.5 Å². The number of allylic oxidation sites excluding steroid dienone is 2. The Morgan fingerprint density at radius 3 is 1.52 bits per heavy atom. The standard InChI is InChI=1S/C17H14O3.Na/c18-15(11-9-13-5-1-3-7-16(13)19)12-10-14-6-2-4-8-17(14)20;/h1-12,19-20H;/b11-9+,12-10+;. The molecule has 101 valence electrons. The Balaban J connectivity index is 0.00000220. The molecule has 0 saturated carbocycles. The van der Waals surface area contributed by atoms with Crippen molar-refractivity contribution in [1.29, 1.82) is 0 Å². The third-order valence-electron chi connectivity index (χ3n) is 2.73. The van der Waals surface area contributed by atoms with Crippen molar-refractivity contribution in [2.75, 3.05) is 0 Å². The Morgan fingerprint density at radius 1 is 0.762 bits per heavy atom. The maximum absolute atomic E-state index is 11.7. The minimum Gasteiger partial charge on any atom is -0.507 e. The van der Waals surface area contributed by atoms with E-state index in [9.17, 15) is 15.0 Å². The molecule has 21 heavy (non-hydrogen) atoms. The molecule has 3 nitrogen and oxygen atoms in total. The van der Waals surface area contributed by atoms with Crippen LogP contribution in [0.15, 0.2) is 60.7 Å². The first kappa shape index (κ1) is 17.2. The summed E-state index contributed by atoms with van der Waals surface area (Å²) in [6.07, 6.45) is 5.83. The second-order valence-electron chi connectivity index (χ2n) is 4.19. The fourth-order valence-electron chi connectivity index (χ4n) is 1.66. The van der Waals surface area contributed by atoms with E-state index in [1.165, 1.54) is 12.2 Å². The van der Waals surface area contributed by atoms with Gasteiger partial charge in [0.05, 0.1) is 0 Å². The first-order chi connectivity index (χ1) is 9.66. The number of para-hydroxylation sites is 2. The maximum atomic E-state index is 11.7. The average molecular weight is 289 g/mol. The normalized spacial score (nSPS) is 10.7. The summed E-state index contributed by atoms with van der Waals surface area (Å²) < 4.78 is 0. The van der Waals surface area contributed by atoms with Crippen molar-refractivity contribution in [3.63, 3.8) is 0 Å². The number of hydrogen-bond acceptors (Lipinski definition) is 3. The Hall–Kier alpha value is -1.81. The number of carbonyl (C=O) groups excluding carboxylic acids is 1. The third-order valence-corrected chi connectivity index (χ3v) is 2.73. The van der Waals surface area contributed by atoms with E-state index >= 15 is 0 Å². The summed E-state index contributed by atoms with van der Waals surface area (Å²) in [5.41, 5.74) is 1.16. The molecule has 0 bridgehead atoms. The summed E-state index contributed by atoms with van der Waals surface area (Å²) in [5.74, 6) is 0.0268. The molecule has 0 aliphatic carbocycles. The van der Waals surface area contributed by atoms with Crippen LogP contribution in [0.3, 0.4) is 0 Å². The third kappa shape index (κ3) is 5.23. The van der Waals surface area contributed by atoms with Gasteiger partial charge in [0.15, 0.2) is 5.78 Å². The average Bonchev–Trinajstić information content (AvgIpc) is 2.45. The number of phenols is 2. The molecule has 2 rings (SSSR count). The van der Waals surface area contributed by atoms with E-state index in [-0.39, 0.29) is 46.8 Å². The molecular weight excluding hydrogens is 275 g/mol. The van der Waals surface area contributed by atoms with Crippen LogP contribution in [0.5, 0.6) is 11.5 Å². The molecule has 0 atom stereocenters. The van der Waals surface area contributed by atoms with Gasteiger partial charge in [-0.2, -0.15) is 0 Å². The van der Waals surface area contributed by atoms with Gasteiger partial charge in [0.25, 0.3) is 0 Å². The van der Waals surface area contributed by atoms with E-state index in [2.05, 4.69) is 0 Å². The molecule has 2 N–H and O–H groups in total. The molecule has 0 saturated heterocycles. The van der Waals surface area contributed by atoms with Crippen LogP contribution in [0.4, 0.5) is 0 Å². The Bertz CT molecular complexity index is 618. The van der Waals surface area contributed by atoms with Crippen LogP contribution in [-0.2, 0) is 4.79 Å². The quantitative estimate of drug-likeness (QED) is 0.672. The van der Waals surface area contributed by atoms with Gasteiger partial charge in [-0.05, 0) is 36.4 Å². The summed E-state index contributed by atoms with van der Waals surface area (Å²) in [6.45, 7) is 0. The number of carbonyl (C=O) groups is 1. The largest absolute Gasteiger partial charge is 0.507 e. The van der Waals surface area contributed by atoms with E-state index < -0.39 is 0 Å². The van der Waals surface area contributed by atoms with Crippen LogP contribution < -0.4 is 0 Å². The van der Waals surface area contributed by atoms with Crippen molar-refractivity contribution in [2.24, 2.45) is 0 Å². The van der Waals surface area contributed by atoms with Crippen molar-refractivity contribution in [2.45, 2.75) is 0 Å². The second kappa shape index (κ2) is 8.47. The molecule has 4 heteroatoms. The molecule has 2 aromatic carbocycles. The molecule has 1 radical (unpaired) electrons. The molecule has 0 heterocycles. The zero-order valence-electron chi connectivity index (χ0n) is 11.7. The smallest absolute Gasteiger partial charge is 0.178 e. The van der Waals surface area contributed by atoms with Gasteiger partial charge < -0.3 is 10.2 Å². The van der Waals surface area contributed by atoms with Crippen LogP contribution >= 0.6 is 0 Å². The first-order valence-electron chi connectivity index (χ1n) is 6.13. The van der Waals surface area contributed by atoms with Crippen molar-refractivity contribution in [3.05, 3.63) is 71.8 Å². The Morgan fingerprint density at radius 2 is 1.14 bits per heavy atom. The molecule has 0 fully saturated rings. The van der Waals surface area contributed by atoms with Crippen LogP contribution in [-0.4, -0.2) is 45.6 Å². The van der Waals surface area contributed by atoms with E-state index in [0.717, 1.165) is 0 Å². The number of aromatic hydroxyl groups is 2. The Labute approximate surface area is 145 Å². The molecular formula is C17H14NaO3. The molecule has 0 spiro atoms. The number of ketones is 1. The number of hydrogen-bond donors (Lipinski definition) is 2.